The molecule has 0 fully saturated rings. The zero-order chi connectivity index (χ0) is 21.5. The minimum atomic E-state index is 1.03. The van der Waals surface area contributed by atoms with Crippen LogP contribution in [0.2, 0.25) is 0 Å². The Morgan fingerprint density at radius 1 is 0.571 bits per heavy atom. The van der Waals surface area contributed by atoms with Gasteiger partial charge in [0.1, 0.15) is 0 Å². The standard InChI is InChI=1S/C8H10.2C7H9N.2C2H6/c1-2-8-6-4-3-5-7-8;1-2-7-4-3-5-8-6-7;1-2-7-5-3-4-6-8-7;2*1-2/h3-7H,2H2,1H3;2*3-6H,2H2,1H3;2*1-2H3. The first kappa shape index (κ1) is 27.7. The topological polar surface area (TPSA) is 25.8 Å². The van der Waals surface area contributed by atoms with Crippen molar-refractivity contribution in [2.24, 2.45) is 0 Å². The largest absolute Gasteiger partial charge is 0.264 e. The van der Waals surface area contributed by atoms with Crippen LogP contribution in [0.15, 0.2) is 79.3 Å². The molecule has 2 heteroatoms. The second kappa shape index (κ2) is 22.6. The summed E-state index contributed by atoms with van der Waals surface area (Å²) >= 11 is 0. The number of benzene rings is 1. The zero-order valence-electron chi connectivity index (χ0n) is 19.0. The van der Waals surface area contributed by atoms with Crippen LogP contribution in [0.5, 0.6) is 0 Å². The summed E-state index contributed by atoms with van der Waals surface area (Å²) in [6.45, 7) is 14.4. The van der Waals surface area contributed by atoms with Crippen molar-refractivity contribution in [1.29, 1.82) is 0 Å². The van der Waals surface area contributed by atoms with Crippen LogP contribution < -0.4 is 0 Å². The molecule has 0 unspecified atom stereocenters. The summed E-state index contributed by atoms with van der Waals surface area (Å²) in [5.41, 5.74) is 3.87. The molecule has 0 aliphatic heterocycles. The van der Waals surface area contributed by atoms with Crippen LogP contribution in [-0.4, -0.2) is 9.97 Å². The molecule has 0 atom stereocenters. The first-order chi connectivity index (χ1) is 13.8. The van der Waals surface area contributed by atoms with Crippen LogP contribution in [0.3, 0.4) is 0 Å². The van der Waals surface area contributed by atoms with E-state index < -0.39 is 0 Å². The molecule has 3 aromatic rings. The molecule has 2 heterocycles. The van der Waals surface area contributed by atoms with E-state index in [1.165, 1.54) is 11.1 Å². The van der Waals surface area contributed by atoms with Crippen molar-refractivity contribution in [2.75, 3.05) is 0 Å². The van der Waals surface area contributed by atoms with Gasteiger partial charge in [0, 0.05) is 24.3 Å². The molecule has 2 nitrogen and oxygen atoms in total. The Morgan fingerprint density at radius 2 is 1.14 bits per heavy atom. The molecule has 0 spiro atoms. The second-order valence-electron chi connectivity index (χ2n) is 5.23. The van der Waals surface area contributed by atoms with Gasteiger partial charge in [0.25, 0.3) is 0 Å². The number of hydrogen-bond acceptors (Lipinski definition) is 2. The van der Waals surface area contributed by atoms with Gasteiger partial charge in [0.15, 0.2) is 0 Å². The summed E-state index contributed by atoms with van der Waals surface area (Å²) in [5, 5.41) is 0. The Labute approximate surface area is 174 Å². The van der Waals surface area contributed by atoms with E-state index in [-0.39, 0.29) is 0 Å². The van der Waals surface area contributed by atoms with Crippen LogP contribution >= 0.6 is 0 Å². The third-order valence-corrected chi connectivity index (χ3v) is 3.47. The quantitative estimate of drug-likeness (QED) is 0.468. The van der Waals surface area contributed by atoms with Gasteiger partial charge in [-0.1, -0.05) is 90.9 Å². The maximum absolute atomic E-state index is 4.10. The van der Waals surface area contributed by atoms with Gasteiger partial charge in [0.2, 0.25) is 0 Å². The van der Waals surface area contributed by atoms with Crippen molar-refractivity contribution in [3.63, 3.8) is 0 Å². The zero-order valence-corrected chi connectivity index (χ0v) is 19.0. The lowest BCUT2D eigenvalue weighted by Gasteiger charge is -1.89. The van der Waals surface area contributed by atoms with E-state index in [2.05, 4.69) is 61.1 Å². The SMILES string of the molecule is CC.CC.CCc1ccccc1.CCc1ccccn1.CCc1cccnc1. The molecule has 0 aliphatic rings. The van der Waals surface area contributed by atoms with Crippen LogP contribution in [0.4, 0.5) is 0 Å². The van der Waals surface area contributed by atoms with Crippen LogP contribution in [0, 0.1) is 0 Å². The number of hydrogen-bond donors (Lipinski definition) is 0. The highest BCUT2D eigenvalue weighted by atomic mass is 14.7. The molecule has 3 rings (SSSR count). The van der Waals surface area contributed by atoms with Gasteiger partial charge < -0.3 is 0 Å². The van der Waals surface area contributed by atoms with Gasteiger partial charge in [0.05, 0.1) is 0 Å². The van der Waals surface area contributed by atoms with Crippen molar-refractivity contribution < 1.29 is 0 Å². The maximum Gasteiger partial charge on any atom is 0.0400 e. The second-order valence-corrected chi connectivity index (χ2v) is 5.23. The van der Waals surface area contributed by atoms with E-state index in [0.717, 1.165) is 25.0 Å². The summed E-state index contributed by atoms with van der Waals surface area (Å²) in [4.78, 5) is 8.05. The van der Waals surface area contributed by atoms with Crippen molar-refractivity contribution in [3.8, 4) is 0 Å². The molecule has 0 saturated carbocycles. The molecule has 154 valence electrons. The van der Waals surface area contributed by atoms with Gasteiger partial charge in [-0.05, 0) is 48.6 Å². The lowest BCUT2D eigenvalue weighted by atomic mass is 10.2. The Balaban J connectivity index is 0. The molecule has 0 radical (unpaired) electrons. The van der Waals surface area contributed by atoms with E-state index in [4.69, 9.17) is 0 Å². The molecule has 0 aliphatic carbocycles. The highest BCUT2D eigenvalue weighted by molar-refractivity contribution is 5.13. The van der Waals surface area contributed by atoms with Gasteiger partial charge in [-0.2, -0.15) is 0 Å². The number of pyridine rings is 2. The molecule has 1 aromatic carbocycles. The summed E-state index contributed by atoms with van der Waals surface area (Å²) in [5.74, 6) is 0. The van der Waals surface area contributed by atoms with Crippen LogP contribution in [0.1, 0.15) is 65.3 Å². The molecule has 2 aromatic heterocycles. The third-order valence-electron chi connectivity index (χ3n) is 3.47. The minimum absolute atomic E-state index is 1.03. The van der Waals surface area contributed by atoms with Gasteiger partial charge in [-0.15, -0.1) is 0 Å². The predicted molar refractivity (Wildman–Crippen MR) is 126 cm³/mol. The fourth-order valence-corrected chi connectivity index (χ4v) is 1.93. The Hall–Kier alpha value is -2.48. The first-order valence-electron chi connectivity index (χ1n) is 10.6. The van der Waals surface area contributed by atoms with Gasteiger partial charge >= 0.3 is 0 Å². The van der Waals surface area contributed by atoms with E-state index >= 15 is 0 Å². The maximum atomic E-state index is 4.10. The predicted octanol–water partition coefficient (Wildman–Crippen LogP) is 7.59. The number of aromatic nitrogens is 2. The first-order valence-corrected chi connectivity index (χ1v) is 10.6. The minimum Gasteiger partial charge on any atom is -0.264 e. The fraction of sp³-hybridized carbons (Fsp3) is 0.385. The van der Waals surface area contributed by atoms with E-state index in [9.17, 15) is 0 Å². The van der Waals surface area contributed by atoms with E-state index in [1.54, 1.807) is 6.20 Å². The highest BCUT2D eigenvalue weighted by Crippen LogP contribution is 1.97. The fourth-order valence-electron chi connectivity index (χ4n) is 1.93. The molecule has 0 bridgehead atoms. The van der Waals surface area contributed by atoms with Gasteiger partial charge in [-0.25, -0.2) is 0 Å². The lowest BCUT2D eigenvalue weighted by Crippen LogP contribution is -1.81. The number of nitrogens with zero attached hydrogens (tertiary/aromatic N) is 2. The summed E-state index contributed by atoms with van der Waals surface area (Å²) in [6, 6.07) is 20.5. The van der Waals surface area contributed by atoms with Crippen LogP contribution in [-0.2, 0) is 19.3 Å². The Kier molecular flexibility index (Phi) is 22.3. The molecule has 0 amide bonds. The molecule has 28 heavy (non-hydrogen) atoms. The summed E-state index contributed by atoms with van der Waals surface area (Å²) in [6.07, 6.45) is 8.74. The normalized spacial score (nSPS) is 8.25. The van der Waals surface area contributed by atoms with Gasteiger partial charge in [-0.3, -0.25) is 9.97 Å². The smallest absolute Gasteiger partial charge is 0.0400 e. The highest BCUT2D eigenvalue weighted by Gasteiger charge is 1.82. The average Bonchev–Trinajstić information content (AvgIpc) is 2.84. The molecular formula is C26H40N2. The third kappa shape index (κ3) is 15.7. The number of rotatable bonds is 3. The summed E-state index contributed by atoms with van der Waals surface area (Å²) in [7, 11) is 0. The lowest BCUT2D eigenvalue weighted by molar-refractivity contribution is 1.04. The summed E-state index contributed by atoms with van der Waals surface area (Å²) < 4.78 is 0. The van der Waals surface area contributed by atoms with Crippen molar-refractivity contribution in [3.05, 3.63) is 96.1 Å². The molecular weight excluding hydrogens is 340 g/mol. The Bertz CT molecular complexity index is 528. The monoisotopic (exact) mass is 380 g/mol. The van der Waals surface area contributed by atoms with E-state index in [1.807, 2.05) is 70.4 Å². The molecule has 0 saturated heterocycles. The van der Waals surface area contributed by atoms with Crippen LogP contribution in [0.25, 0.3) is 0 Å². The Morgan fingerprint density at radius 3 is 1.46 bits per heavy atom. The van der Waals surface area contributed by atoms with Crippen molar-refractivity contribution in [2.45, 2.75) is 67.7 Å². The van der Waals surface area contributed by atoms with Crippen molar-refractivity contribution in [1.82, 2.24) is 9.97 Å². The van der Waals surface area contributed by atoms with Crippen molar-refractivity contribution >= 4 is 0 Å². The molecule has 0 N–H and O–H groups in total. The van der Waals surface area contributed by atoms with E-state index in [0.29, 0.717) is 0 Å². The number of aryl methyl sites for hydroxylation is 3. The average molecular weight is 381 g/mol.